The summed E-state index contributed by atoms with van der Waals surface area (Å²) >= 11 is 1.58. The zero-order valence-corrected chi connectivity index (χ0v) is 15.2. The van der Waals surface area contributed by atoms with Crippen molar-refractivity contribution in [2.45, 2.75) is 19.8 Å². The molecule has 1 fully saturated rings. The van der Waals surface area contributed by atoms with Crippen molar-refractivity contribution in [3.63, 3.8) is 0 Å². The Balaban J connectivity index is 1.33. The Hall–Kier alpha value is -2.74. The van der Waals surface area contributed by atoms with E-state index >= 15 is 0 Å². The summed E-state index contributed by atoms with van der Waals surface area (Å²) < 4.78 is 5.25. The van der Waals surface area contributed by atoms with Gasteiger partial charge in [0, 0.05) is 25.1 Å². The third-order valence-corrected chi connectivity index (χ3v) is 5.40. The third-order valence-electron chi connectivity index (χ3n) is 4.50. The van der Waals surface area contributed by atoms with E-state index in [1.807, 2.05) is 36.6 Å². The lowest BCUT2D eigenvalue weighted by Crippen LogP contribution is -2.38. The summed E-state index contributed by atoms with van der Waals surface area (Å²) in [4.78, 5) is 15.7. The van der Waals surface area contributed by atoms with Crippen molar-refractivity contribution >= 4 is 28.9 Å². The number of hydrogen-bond acceptors (Lipinski definition) is 7. The molecule has 1 saturated heterocycles. The fourth-order valence-electron chi connectivity index (χ4n) is 3.03. The van der Waals surface area contributed by atoms with Gasteiger partial charge in [0.15, 0.2) is 5.82 Å². The van der Waals surface area contributed by atoms with E-state index in [-0.39, 0.29) is 11.8 Å². The van der Waals surface area contributed by atoms with Crippen LogP contribution >= 0.6 is 11.3 Å². The van der Waals surface area contributed by atoms with Gasteiger partial charge in [0.25, 0.3) is 0 Å². The number of hydrogen-bond donors (Lipinski definition) is 1. The van der Waals surface area contributed by atoms with Gasteiger partial charge in [-0.1, -0.05) is 11.2 Å². The zero-order valence-electron chi connectivity index (χ0n) is 14.4. The molecule has 4 heterocycles. The van der Waals surface area contributed by atoms with Crippen molar-refractivity contribution in [1.82, 2.24) is 15.4 Å². The number of aromatic nitrogens is 3. The van der Waals surface area contributed by atoms with Crippen molar-refractivity contribution in [2.75, 3.05) is 23.3 Å². The van der Waals surface area contributed by atoms with Crippen LogP contribution in [-0.4, -0.2) is 34.4 Å². The summed E-state index contributed by atoms with van der Waals surface area (Å²) in [7, 11) is 0. The number of carbonyl (C=O) groups is 1. The Morgan fingerprint density at radius 2 is 2.12 bits per heavy atom. The van der Waals surface area contributed by atoms with E-state index < -0.39 is 0 Å². The van der Waals surface area contributed by atoms with Crippen LogP contribution in [-0.2, 0) is 4.79 Å². The molecular formula is C18H19N5O2S. The lowest BCUT2D eigenvalue weighted by atomic mass is 9.96. The van der Waals surface area contributed by atoms with Crippen LogP contribution < -0.4 is 10.2 Å². The maximum Gasteiger partial charge on any atom is 0.231 e. The summed E-state index contributed by atoms with van der Waals surface area (Å²) in [6.07, 6.45) is 1.54. The van der Waals surface area contributed by atoms with Crippen LogP contribution in [0.15, 0.2) is 40.2 Å². The molecule has 8 heteroatoms. The van der Waals surface area contributed by atoms with Crippen LogP contribution in [0.25, 0.3) is 10.6 Å². The predicted octanol–water partition coefficient (Wildman–Crippen LogP) is 3.36. The van der Waals surface area contributed by atoms with Crippen molar-refractivity contribution in [3.8, 4) is 10.6 Å². The van der Waals surface area contributed by atoms with Gasteiger partial charge in [-0.05, 0) is 43.3 Å². The molecule has 0 radical (unpaired) electrons. The van der Waals surface area contributed by atoms with Crippen molar-refractivity contribution < 1.29 is 9.32 Å². The van der Waals surface area contributed by atoms with E-state index in [1.54, 1.807) is 17.4 Å². The molecule has 7 nitrogen and oxygen atoms in total. The van der Waals surface area contributed by atoms with E-state index in [1.165, 1.54) is 0 Å². The van der Waals surface area contributed by atoms with Crippen LogP contribution in [0.3, 0.4) is 0 Å². The average Bonchev–Trinajstić information content (AvgIpc) is 3.34. The SMILES string of the molecule is Cc1ccc(N2CCC(C(=O)Nc3cc(-c4cccs4)no3)CC2)nn1. The smallest absolute Gasteiger partial charge is 0.231 e. The van der Waals surface area contributed by atoms with Crippen molar-refractivity contribution in [2.24, 2.45) is 5.92 Å². The van der Waals surface area contributed by atoms with E-state index in [4.69, 9.17) is 4.52 Å². The largest absolute Gasteiger partial charge is 0.355 e. The molecule has 1 aliphatic heterocycles. The van der Waals surface area contributed by atoms with Gasteiger partial charge in [-0.15, -0.1) is 16.4 Å². The summed E-state index contributed by atoms with van der Waals surface area (Å²) in [6, 6.07) is 9.62. The van der Waals surface area contributed by atoms with Gasteiger partial charge in [0.2, 0.25) is 11.8 Å². The van der Waals surface area contributed by atoms with E-state index in [2.05, 4.69) is 25.6 Å². The molecule has 0 bridgehead atoms. The highest BCUT2D eigenvalue weighted by atomic mass is 32.1. The molecule has 0 aliphatic carbocycles. The Kier molecular flexibility index (Phi) is 4.66. The Bertz CT molecular complexity index is 867. The topological polar surface area (TPSA) is 84.2 Å². The van der Waals surface area contributed by atoms with Crippen LogP contribution in [0.1, 0.15) is 18.5 Å². The maximum atomic E-state index is 12.5. The van der Waals surface area contributed by atoms with Crippen LogP contribution in [0.4, 0.5) is 11.7 Å². The summed E-state index contributed by atoms with van der Waals surface area (Å²) in [5.41, 5.74) is 1.64. The second-order valence-corrected chi connectivity index (χ2v) is 7.28. The molecule has 0 atom stereocenters. The predicted molar refractivity (Wildman–Crippen MR) is 100 cm³/mol. The minimum Gasteiger partial charge on any atom is -0.355 e. The first-order chi connectivity index (χ1) is 12.7. The normalized spacial score (nSPS) is 15.2. The molecule has 1 N–H and O–H groups in total. The molecule has 1 amide bonds. The van der Waals surface area contributed by atoms with E-state index in [9.17, 15) is 4.79 Å². The minimum atomic E-state index is -0.0417. The van der Waals surface area contributed by atoms with Crippen LogP contribution in [0.5, 0.6) is 0 Å². The summed E-state index contributed by atoms with van der Waals surface area (Å²) in [6.45, 7) is 3.49. The first kappa shape index (κ1) is 16.7. The number of nitrogens with one attached hydrogen (secondary N) is 1. The summed E-state index contributed by atoms with van der Waals surface area (Å²) in [5, 5.41) is 17.2. The monoisotopic (exact) mass is 369 g/mol. The van der Waals surface area contributed by atoms with Gasteiger partial charge in [-0.2, -0.15) is 5.10 Å². The molecule has 134 valence electrons. The second kappa shape index (κ2) is 7.25. The molecule has 26 heavy (non-hydrogen) atoms. The number of aryl methyl sites for hydroxylation is 1. The average molecular weight is 369 g/mol. The molecular weight excluding hydrogens is 350 g/mol. The molecule has 0 aromatic carbocycles. The number of nitrogens with zero attached hydrogens (tertiary/aromatic N) is 4. The van der Waals surface area contributed by atoms with E-state index in [0.29, 0.717) is 5.88 Å². The Labute approximate surface area is 155 Å². The first-order valence-electron chi connectivity index (χ1n) is 8.56. The number of piperidine rings is 1. The van der Waals surface area contributed by atoms with Crippen LogP contribution in [0.2, 0.25) is 0 Å². The summed E-state index contributed by atoms with van der Waals surface area (Å²) in [5.74, 6) is 1.20. The molecule has 1 aliphatic rings. The van der Waals surface area contributed by atoms with Gasteiger partial charge >= 0.3 is 0 Å². The standard InChI is InChI=1S/C18H19N5O2S/c1-12-4-5-16(21-20-12)23-8-6-13(7-9-23)18(24)19-17-11-14(22-25-17)15-3-2-10-26-15/h2-5,10-11,13H,6-9H2,1H3,(H,19,24). The number of rotatable bonds is 4. The van der Waals surface area contributed by atoms with Gasteiger partial charge < -0.3 is 9.42 Å². The second-order valence-electron chi connectivity index (χ2n) is 6.34. The van der Waals surface area contributed by atoms with Gasteiger partial charge in [-0.25, -0.2) is 0 Å². The number of thiophene rings is 1. The van der Waals surface area contributed by atoms with Crippen LogP contribution in [0, 0.1) is 12.8 Å². The Morgan fingerprint density at radius 1 is 1.27 bits per heavy atom. The first-order valence-corrected chi connectivity index (χ1v) is 9.44. The van der Waals surface area contributed by atoms with Gasteiger partial charge in [0.1, 0.15) is 5.69 Å². The fourth-order valence-corrected chi connectivity index (χ4v) is 3.71. The minimum absolute atomic E-state index is 0.0199. The molecule has 0 spiro atoms. The van der Waals surface area contributed by atoms with Crippen molar-refractivity contribution in [1.29, 1.82) is 0 Å². The lowest BCUT2D eigenvalue weighted by Gasteiger charge is -2.31. The number of anilines is 2. The third kappa shape index (κ3) is 3.60. The van der Waals surface area contributed by atoms with Gasteiger partial charge in [0.05, 0.1) is 10.6 Å². The lowest BCUT2D eigenvalue weighted by molar-refractivity contribution is -0.120. The molecule has 0 saturated carbocycles. The maximum absolute atomic E-state index is 12.5. The molecule has 0 unspecified atom stereocenters. The highest BCUT2D eigenvalue weighted by Crippen LogP contribution is 2.27. The highest BCUT2D eigenvalue weighted by Gasteiger charge is 2.26. The number of amides is 1. The quantitative estimate of drug-likeness (QED) is 0.759. The van der Waals surface area contributed by atoms with E-state index in [0.717, 1.165) is 48.0 Å². The highest BCUT2D eigenvalue weighted by molar-refractivity contribution is 7.13. The molecule has 4 rings (SSSR count). The van der Waals surface area contributed by atoms with Gasteiger partial charge in [-0.3, -0.25) is 10.1 Å². The number of carbonyl (C=O) groups excluding carboxylic acids is 1. The molecule has 3 aromatic heterocycles. The zero-order chi connectivity index (χ0) is 17.9. The Morgan fingerprint density at radius 3 is 2.81 bits per heavy atom. The molecule has 3 aromatic rings. The fraction of sp³-hybridized carbons (Fsp3) is 0.333. The van der Waals surface area contributed by atoms with Crippen molar-refractivity contribution in [3.05, 3.63) is 41.4 Å².